The van der Waals surface area contributed by atoms with Crippen LogP contribution in [0.4, 0.5) is 0 Å². The summed E-state index contributed by atoms with van der Waals surface area (Å²) in [4.78, 5) is 0. The maximum Gasteiger partial charge on any atom is 0.0762 e. The minimum absolute atomic E-state index is 0.143. The molecule has 0 amide bonds. The number of hydrogen-bond donors (Lipinski definition) is 1. The standard InChI is InChI=1S/C15H19Br2N3/c1-4-18-14(12-7-6-11(16)8-10(12)3)15-13(17)9-19-20(15)5-2/h6-9,14,18H,4-5H2,1-3H3. The second kappa shape index (κ2) is 6.87. The van der Waals surface area contributed by atoms with Crippen molar-refractivity contribution in [2.24, 2.45) is 0 Å². The van der Waals surface area contributed by atoms with Crippen molar-refractivity contribution in [2.75, 3.05) is 6.54 Å². The molecule has 0 aliphatic heterocycles. The first-order chi connectivity index (χ1) is 9.58. The lowest BCUT2D eigenvalue weighted by Gasteiger charge is -2.22. The molecule has 5 heteroatoms. The van der Waals surface area contributed by atoms with Crippen LogP contribution in [0.1, 0.15) is 36.7 Å². The summed E-state index contributed by atoms with van der Waals surface area (Å²) in [5, 5.41) is 8.00. The Labute approximate surface area is 137 Å². The van der Waals surface area contributed by atoms with Crippen molar-refractivity contribution in [3.63, 3.8) is 0 Å². The predicted molar refractivity (Wildman–Crippen MR) is 90.0 cm³/mol. The number of nitrogens with one attached hydrogen (secondary N) is 1. The van der Waals surface area contributed by atoms with Gasteiger partial charge in [0.25, 0.3) is 0 Å². The molecular weight excluding hydrogens is 382 g/mol. The summed E-state index contributed by atoms with van der Waals surface area (Å²) < 4.78 is 4.20. The molecule has 0 saturated heterocycles. The maximum absolute atomic E-state index is 4.43. The minimum Gasteiger partial charge on any atom is -0.305 e. The lowest BCUT2D eigenvalue weighted by atomic mass is 9.98. The van der Waals surface area contributed by atoms with E-state index in [-0.39, 0.29) is 6.04 Å². The highest BCUT2D eigenvalue weighted by molar-refractivity contribution is 9.10. The lowest BCUT2D eigenvalue weighted by molar-refractivity contribution is 0.539. The average Bonchev–Trinajstić information content (AvgIpc) is 2.78. The number of benzene rings is 1. The van der Waals surface area contributed by atoms with E-state index < -0.39 is 0 Å². The molecule has 3 nitrogen and oxygen atoms in total. The lowest BCUT2D eigenvalue weighted by Crippen LogP contribution is -2.25. The molecule has 0 radical (unpaired) electrons. The summed E-state index contributed by atoms with van der Waals surface area (Å²) in [5.41, 5.74) is 3.73. The van der Waals surface area contributed by atoms with Gasteiger partial charge in [0.2, 0.25) is 0 Å². The van der Waals surface area contributed by atoms with Crippen LogP contribution in [0.15, 0.2) is 33.3 Å². The first-order valence-corrected chi connectivity index (χ1v) is 8.37. The van der Waals surface area contributed by atoms with Crippen molar-refractivity contribution in [3.05, 3.63) is 50.2 Å². The fourth-order valence-corrected chi connectivity index (χ4v) is 3.43. The van der Waals surface area contributed by atoms with Gasteiger partial charge in [0, 0.05) is 11.0 Å². The molecule has 1 unspecified atom stereocenters. The highest BCUT2D eigenvalue weighted by atomic mass is 79.9. The highest BCUT2D eigenvalue weighted by Gasteiger charge is 2.22. The van der Waals surface area contributed by atoms with Crippen LogP contribution in [-0.4, -0.2) is 16.3 Å². The van der Waals surface area contributed by atoms with E-state index in [2.05, 4.69) is 81.2 Å². The number of halogens is 2. The molecule has 2 aromatic rings. The monoisotopic (exact) mass is 399 g/mol. The van der Waals surface area contributed by atoms with Crippen LogP contribution in [0.25, 0.3) is 0 Å². The van der Waals surface area contributed by atoms with Crippen molar-refractivity contribution in [1.82, 2.24) is 15.1 Å². The Morgan fingerprint density at radius 3 is 2.65 bits per heavy atom. The van der Waals surface area contributed by atoms with Crippen molar-refractivity contribution < 1.29 is 0 Å². The van der Waals surface area contributed by atoms with Crippen LogP contribution in [-0.2, 0) is 6.54 Å². The third-order valence-electron chi connectivity index (χ3n) is 3.36. The predicted octanol–water partition coefficient (Wildman–Crippen LogP) is 4.44. The van der Waals surface area contributed by atoms with E-state index >= 15 is 0 Å². The number of aryl methyl sites for hydroxylation is 2. The van der Waals surface area contributed by atoms with Crippen LogP contribution in [0, 0.1) is 6.92 Å². The molecule has 20 heavy (non-hydrogen) atoms. The summed E-state index contributed by atoms with van der Waals surface area (Å²) in [6, 6.07) is 6.56. The Kier molecular flexibility index (Phi) is 5.41. The van der Waals surface area contributed by atoms with Gasteiger partial charge in [0.1, 0.15) is 0 Å². The number of nitrogens with zero attached hydrogens (tertiary/aromatic N) is 2. The van der Waals surface area contributed by atoms with Gasteiger partial charge in [-0.25, -0.2) is 0 Å². The zero-order chi connectivity index (χ0) is 14.7. The number of rotatable bonds is 5. The van der Waals surface area contributed by atoms with E-state index in [1.54, 1.807) is 0 Å². The molecular formula is C15H19Br2N3. The Bertz CT molecular complexity index is 593. The van der Waals surface area contributed by atoms with E-state index in [0.717, 1.165) is 22.0 Å². The summed E-state index contributed by atoms with van der Waals surface area (Å²) in [5.74, 6) is 0. The molecule has 0 saturated carbocycles. The molecule has 108 valence electrons. The van der Waals surface area contributed by atoms with Crippen LogP contribution in [0.3, 0.4) is 0 Å². The smallest absolute Gasteiger partial charge is 0.0762 e. The second-order valence-corrected chi connectivity index (χ2v) is 6.46. The molecule has 0 bridgehead atoms. The molecule has 0 aliphatic carbocycles. The Hall–Kier alpha value is -0.650. The van der Waals surface area contributed by atoms with Gasteiger partial charge in [-0.15, -0.1) is 0 Å². The third kappa shape index (κ3) is 3.15. The maximum atomic E-state index is 4.43. The van der Waals surface area contributed by atoms with Crippen LogP contribution >= 0.6 is 31.9 Å². The summed E-state index contributed by atoms with van der Waals surface area (Å²) in [6.45, 7) is 8.15. The molecule has 1 atom stereocenters. The quantitative estimate of drug-likeness (QED) is 0.804. The van der Waals surface area contributed by atoms with Gasteiger partial charge in [-0.1, -0.05) is 28.9 Å². The van der Waals surface area contributed by atoms with E-state index in [1.165, 1.54) is 16.8 Å². The first-order valence-electron chi connectivity index (χ1n) is 6.79. The van der Waals surface area contributed by atoms with E-state index in [0.29, 0.717) is 0 Å². The van der Waals surface area contributed by atoms with Crippen molar-refractivity contribution in [2.45, 2.75) is 33.4 Å². The molecule has 1 N–H and O–H groups in total. The Morgan fingerprint density at radius 2 is 2.05 bits per heavy atom. The molecule has 1 aromatic carbocycles. The van der Waals surface area contributed by atoms with Crippen LogP contribution in [0.5, 0.6) is 0 Å². The van der Waals surface area contributed by atoms with Crippen LogP contribution in [0.2, 0.25) is 0 Å². The number of hydrogen-bond acceptors (Lipinski definition) is 2. The minimum atomic E-state index is 0.143. The molecule has 2 rings (SSSR count). The number of aromatic nitrogens is 2. The van der Waals surface area contributed by atoms with Gasteiger partial charge in [-0.2, -0.15) is 5.10 Å². The van der Waals surface area contributed by atoms with E-state index in [4.69, 9.17) is 0 Å². The van der Waals surface area contributed by atoms with Gasteiger partial charge in [-0.3, -0.25) is 4.68 Å². The van der Waals surface area contributed by atoms with Gasteiger partial charge < -0.3 is 5.32 Å². The molecule has 0 spiro atoms. The first kappa shape index (κ1) is 15.7. The largest absolute Gasteiger partial charge is 0.305 e. The van der Waals surface area contributed by atoms with Crippen LogP contribution < -0.4 is 5.32 Å². The fraction of sp³-hybridized carbons (Fsp3) is 0.400. The molecule has 0 fully saturated rings. The highest BCUT2D eigenvalue weighted by Crippen LogP contribution is 2.31. The summed E-state index contributed by atoms with van der Waals surface area (Å²) >= 11 is 7.16. The van der Waals surface area contributed by atoms with Gasteiger partial charge in [0.15, 0.2) is 0 Å². The van der Waals surface area contributed by atoms with E-state index in [9.17, 15) is 0 Å². The van der Waals surface area contributed by atoms with Crippen molar-refractivity contribution >= 4 is 31.9 Å². The molecule has 0 aliphatic rings. The second-order valence-electron chi connectivity index (χ2n) is 4.69. The van der Waals surface area contributed by atoms with E-state index in [1.807, 2.05) is 10.9 Å². The van der Waals surface area contributed by atoms with Gasteiger partial charge >= 0.3 is 0 Å². The molecule has 1 heterocycles. The SMILES string of the molecule is CCNC(c1ccc(Br)cc1C)c1c(Br)cnn1CC. The summed E-state index contributed by atoms with van der Waals surface area (Å²) in [6.07, 6.45) is 1.87. The Balaban J connectivity index is 2.53. The fourth-order valence-electron chi connectivity index (χ4n) is 2.43. The van der Waals surface area contributed by atoms with Crippen molar-refractivity contribution in [3.8, 4) is 0 Å². The van der Waals surface area contributed by atoms with Crippen molar-refractivity contribution in [1.29, 1.82) is 0 Å². The zero-order valence-corrected chi connectivity index (χ0v) is 15.1. The normalized spacial score (nSPS) is 12.7. The Morgan fingerprint density at radius 1 is 1.30 bits per heavy atom. The zero-order valence-electron chi connectivity index (χ0n) is 12.0. The topological polar surface area (TPSA) is 29.9 Å². The average molecular weight is 401 g/mol. The van der Waals surface area contributed by atoms with Gasteiger partial charge in [0.05, 0.1) is 22.4 Å². The van der Waals surface area contributed by atoms with Gasteiger partial charge in [-0.05, 0) is 59.6 Å². The molecule has 1 aromatic heterocycles. The third-order valence-corrected chi connectivity index (χ3v) is 4.46. The summed E-state index contributed by atoms with van der Waals surface area (Å²) in [7, 11) is 0.